The Kier molecular flexibility index (Phi) is 4.56. The van der Waals surface area contributed by atoms with Gasteiger partial charge in [0.1, 0.15) is 0 Å². The second kappa shape index (κ2) is 5.77. The van der Waals surface area contributed by atoms with Crippen LogP contribution in [0.5, 0.6) is 0 Å². The van der Waals surface area contributed by atoms with Crippen LogP contribution in [0.1, 0.15) is 0 Å². The second-order valence-corrected chi connectivity index (χ2v) is 4.38. The predicted molar refractivity (Wildman–Crippen MR) is 59.7 cm³/mol. The highest BCUT2D eigenvalue weighted by Gasteiger charge is 1.98. The summed E-state index contributed by atoms with van der Waals surface area (Å²) in [6, 6.07) is 9.12. The summed E-state index contributed by atoms with van der Waals surface area (Å²) < 4.78 is 2.61. The molecule has 0 saturated carbocycles. The van der Waals surface area contributed by atoms with Gasteiger partial charge in [-0.05, 0) is 18.4 Å². The molecule has 0 unspecified atom stereocenters. The van der Waals surface area contributed by atoms with Gasteiger partial charge in [0.15, 0.2) is 0 Å². The monoisotopic (exact) mass is 214 g/mol. The Morgan fingerprint density at radius 3 is 2.62 bits per heavy atom. The zero-order valence-corrected chi connectivity index (χ0v) is 8.74. The minimum atomic E-state index is -0.203. The number of anilines is 1. The van der Waals surface area contributed by atoms with Gasteiger partial charge in [0.2, 0.25) is 0 Å². The largest absolute Gasteiger partial charge is 0.329 e. The Morgan fingerprint density at radius 2 is 2.00 bits per heavy atom. The molecule has 70 valence electrons. The summed E-state index contributed by atoms with van der Waals surface area (Å²) >= 11 is 0. The molecule has 2 N–H and O–H groups in total. The highest BCUT2D eigenvalue weighted by molar-refractivity contribution is 8.75. The number of urea groups is 1. The molecule has 0 aliphatic carbocycles. The van der Waals surface area contributed by atoms with E-state index in [1.807, 2.05) is 36.6 Å². The fourth-order valence-electron chi connectivity index (χ4n) is 0.758. The van der Waals surface area contributed by atoms with Crippen LogP contribution in [0.15, 0.2) is 30.3 Å². The third-order valence-corrected chi connectivity index (χ3v) is 2.43. The molecule has 0 heterocycles. The van der Waals surface area contributed by atoms with Crippen LogP contribution in [-0.2, 0) is 0 Å². The van der Waals surface area contributed by atoms with Crippen molar-refractivity contribution < 1.29 is 4.79 Å². The lowest BCUT2D eigenvalue weighted by atomic mass is 10.3. The minimum Gasteiger partial charge on any atom is -0.307 e. The molecule has 0 aromatic heterocycles. The van der Waals surface area contributed by atoms with E-state index in [9.17, 15) is 4.79 Å². The summed E-state index contributed by atoms with van der Waals surface area (Å²) in [6.07, 6.45) is 1.90. The van der Waals surface area contributed by atoms with Crippen molar-refractivity contribution in [3.05, 3.63) is 30.3 Å². The highest BCUT2D eigenvalue weighted by atomic mass is 33.1. The van der Waals surface area contributed by atoms with Crippen molar-refractivity contribution in [2.75, 3.05) is 11.6 Å². The maximum absolute atomic E-state index is 11.1. The van der Waals surface area contributed by atoms with Gasteiger partial charge >= 0.3 is 6.03 Å². The molecule has 1 aromatic rings. The standard InChI is InChI=1S/C8H10N2OS2/c1-12-13-10-8(11)9-7-5-3-2-4-6-7/h2-6H,1H3,(H2,9,10,11). The summed E-state index contributed by atoms with van der Waals surface area (Å²) in [7, 11) is 2.78. The predicted octanol–water partition coefficient (Wildman–Crippen LogP) is 2.73. The molecule has 3 nitrogen and oxygen atoms in total. The first-order valence-corrected chi connectivity index (χ1v) is 6.20. The molecule has 0 aliphatic rings. The normalized spacial score (nSPS) is 9.31. The molecule has 1 rings (SSSR count). The molecule has 0 fully saturated rings. The Bertz CT molecular complexity index is 266. The van der Waals surface area contributed by atoms with Crippen molar-refractivity contribution in [1.29, 1.82) is 0 Å². The van der Waals surface area contributed by atoms with Crippen LogP contribution < -0.4 is 10.0 Å². The van der Waals surface area contributed by atoms with E-state index in [1.165, 1.54) is 21.8 Å². The molecular formula is C8H10N2OS2. The molecule has 1 aromatic carbocycles. The summed E-state index contributed by atoms with van der Waals surface area (Å²) in [5.41, 5.74) is 0.793. The number of carbonyl (C=O) groups is 1. The summed E-state index contributed by atoms with van der Waals surface area (Å²) in [6.45, 7) is 0. The van der Waals surface area contributed by atoms with E-state index in [2.05, 4.69) is 10.0 Å². The molecule has 0 aliphatic heterocycles. The van der Waals surface area contributed by atoms with E-state index in [4.69, 9.17) is 0 Å². The zero-order chi connectivity index (χ0) is 9.52. The van der Waals surface area contributed by atoms with E-state index in [-0.39, 0.29) is 6.03 Å². The second-order valence-electron chi connectivity index (χ2n) is 2.17. The molecule has 0 bridgehead atoms. The van der Waals surface area contributed by atoms with Gasteiger partial charge in [-0.15, -0.1) is 0 Å². The lowest BCUT2D eigenvalue weighted by Crippen LogP contribution is -2.21. The Balaban J connectivity index is 2.37. The van der Waals surface area contributed by atoms with Gasteiger partial charge < -0.3 is 5.32 Å². The van der Waals surface area contributed by atoms with Gasteiger partial charge in [-0.1, -0.05) is 29.0 Å². The van der Waals surface area contributed by atoms with Gasteiger partial charge in [0.25, 0.3) is 0 Å². The topological polar surface area (TPSA) is 41.1 Å². The van der Waals surface area contributed by atoms with Crippen molar-refractivity contribution in [3.63, 3.8) is 0 Å². The summed E-state index contributed by atoms with van der Waals surface area (Å²) in [5, 5.41) is 2.69. The van der Waals surface area contributed by atoms with E-state index in [0.29, 0.717) is 0 Å². The average molecular weight is 214 g/mol. The summed E-state index contributed by atoms with van der Waals surface area (Å²) in [5.74, 6) is 0. The van der Waals surface area contributed by atoms with Crippen molar-refractivity contribution >= 4 is 33.5 Å². The fourth-order valence-corrected chi connectivity index (χ4v) is 1.44. The quantitative estimate of drug-likeness (QED) is 0.600. The van der Waals surface area contributed by atoms with Crippen LogP contribution in [0.3, 0.4) is 0 Å². The van der Waals surface area contributed by atoms with Crippen LogP contribution in [0, 0.1) is 0 Å². The smallest absolute Gasteiger partial charge is 0.307 e. The van der Waals surface area contributed by atoms with Gasteiger partial charge in [0.05, 0.1) is 0 Å². The first kappa shape index (κ1) is 10.3. The number of amides is 2. The fraction of sp³-hybridized carbons (Fsp3) is 0.125. The number of para-hydroxylation sites is 1. The van der Waals surface area contributed by atoms with Crippen LogP contribution in [-0.4, -0.2) is 12.3 Å². The Labute approximate surface area is 85.2 Å². The highest BCUT2D eigenvalue weighted by Crippen LogP contribution is 2.12. The van der Waals surface area contributed by atoms with Gasteiger partial charge in [-0.2, -0.15) is 0 Å². The van der Waals surface area contributed by atoms with Gasteiger partial charge in [0, 0.05) is 16.7 Å². The summed E-state index contributed by atoms with van der Waals surface area (Å²) in [4.78, 5) is 11.1. The third kappa shape index (κ3) is 4.10. The zero-order valence-electron chi connectivity index (χ0n) is 7.11. The molecule has 13 heavy (non-hydrogen) atoms. The van der Waals surface area contributed by atoms with Crippen molar-refractivity contribution in [2.45, 2.75) is 0 Å². The average Bonchev–Trinajstić information content (AvgIpc) is 2.16. The third-order valence-electron chi connectivity index (χ3n) is 1.25. The number of rotatable bonds is 3. The van der Waals surface area contributed by atoms with E-state index in [1.54, 1.807) is 0 Å². The number of carbonyl (C=O) groups excluding carboxylic acids is 1. The van der Waals surface area contributed by atoms with Crippen LogP contribution >= 0.6 is 21.8 Å². The maximum atomic E-state index is 11.1. The minimum absolute atomic E-state index is 0.203. The molecule has 2 amide bonds. The number of hydrogen-bond donors (Lipinski definition) is 2. The molecular weight excluding hydrogens is 204 g/mol. The SMILES string of the molecule is CSSNC(=O)Nc1ccccc1. The van der Waals surface area contributed by atoms with E-state index < -0.39 is 0 Å². The van der Waals surface area contributed by atoms with Crippen molar-refractivity contribution in [1.82, 2.24) is 4.72 Å². The first-order chi connectivity index (χ1) is 6.33. The molecule has 0 atom stereocenters. The van der Waals surface area contributed by atoms with Crippen molar-refractivity contribution in [3.8, 4) is 0 Å². The van der Waals surface area contributed by atoms with Crippen molar-refractivity contribution in [2.24, 2.45) is 0 Å². The molecule has 0 spiro atoms. The van der Waals surface area contributed by atoms with Gasteiger partial charge in [-0.25, -0.2) is 4.79 Å². The molecule has 0 saturated heterocycles. The van der Waals surface area contributed by atoms with E-state index >= 15 is 0 Å². The van der Waals surface area contributed by atoms with Crippen LogP contribution in [0.25, 0.3) is 0 Å². The lowest BCUT2D eigenvalue weighted by molar-refractivity contribution is 0.257. The van der Waals surface area contributed by atoms with Crippen LogP contribution in [0.4, 0.5) is 10.5 Å². The Morgan fingerprint density at radius 1 is 1.31 bits per heavy atom. The van der Waals surface area contributed by atoms with E-state index in [0.717, 1.165) is 5.69 Å². The number of hydrogen-bond acceptors (Lipinski definition) is 3. The van der Waals surface area contributed by atoms with Gasteiger partial charge in [-0.3, -0.25) is 4.72 Å². The molecule has 5 heteroatoms. The number of benzene rings is 1. The van der Waals surface area contributed by atoms with Crippen LogP contribution in [0.2, 0.25) is 0 Å². The lowest BCUT2D eigenvalue weighted by Gasteiger charge is -2.04. The number of nitrogens with one attached hydrogen (secondary N) is 2. The Hall–Kier alpha value is -0.810. The first-order valence-electron chi connectivity index (χ1n) is 3.64. The molecule has 0 radical (unpaired) electrons. The maximum Gasteiger partial charge on any atom is 0.329 e.